The Morgan fingerprint density at radius 1 is 1.07 bits per heavy atom. The number of carbonyl (C=O) groups excluding carboxylic acids is 1. The zero-order valence-electron chi connectivity index (χ0n) is 16.1. The van der Waals surface area contributed by atoms with E-state index in [1.165, 1.54) is 22.4 Å². The first-order valence-electron chi connectivity index (χ1n) is 9.43. The van der Waals surface area contributed by atoms with Crippen LogP contribution in [0.2, 0.25) is 10.0 Å². The van der Waals surface area contributed by atoms with E-state index < -0.39 is 11.1 Å². The number of anilines is 1. The van der Waals surface area contributed by atoms with Crippen LogP contribution >= 0.6 is 23.2 Å². The lowest BCUT2D eigenvalue weighted by atomic mass is 10.0. The Morgan fingerprint density at radius 2 is 1.73 bits per heavy atom. The van der Waals surface area contributed by atoms with Gasteiger partial charge in [-0.15, -0.1) is 0 Å². The highest BCUT2D eigenvalue weighted by Gasteiger charge is 2.27. The van der Waals surface area contributed by atoms with Crippen LogP contribution in [0, 0.1) is 0 Å². The van der Waals surface area contributed by atoms with Gasteiger partial charge in [0.15, 0.2) is 5.65 Å². The minimum Gasteiger partial charge on any atom is -0.324 e. The fourth-order valence-electron chi connectivity index (χ4n) is 3.71. The molecule has 2 amide bonds. The molecule has 3 aromatic rings. The molecule has 1 N–H and O–H groups in total. The maximum atomic E-state index is 12.7. The molecular formula is C20H19Cl2N5O3. The highest BCUT2D eigenvalue weighted by atomic mass is 35.5. The summed E-state index contributed by atoms with van der Waals surface area (Å²) < 4.78 is 2.71. The first kappa shape index (κ1) is 20.4. The molecule has 30 heavy (non-hydrogen) atoms. The second kappa shape index (κ2) is 8.12. The second-order valence-electron chi connectivity index (χ2n) is 7.19. The van der Waals surface area contributed by atoms with E-state index in [-0.39, 0.29) is 12.1 Å². The standard InChI is InChI=1S/C20H19Cl2N5O3/c1-25-16-10-13(22)11-23-17(16)27(19(29)18(25)28)15-6-8-26(9-7-15)20(30)24-14-4-2-12(21)3-5-14/h2-5,10-11,15H,6-9H2,1H3,(H,24,30). The van der Waals surface area contributed by atoms with Gasteiger partial charge in [0.2, 0.25) is 0 Å². The van der Waals surface area contributed by atoms with E-state index in [1.807, 2.05) is 0 Å². The average Bonchev–Trinajstić information content (AvgIpc) is 2.75. The van der Waals surface area contributed by atoms with Crippen LogP contribution in [0.1, 0.15) is 18.9 Å². The van der Waals surface area contributed by atoms with Crippen LogP contribution in [-0.4, -0.2) is 38.1 Å². The molecule has 0 bridgehead atoms. The van der Waals surface area contributed by atoms with Crippen molar-refractivity contribution in [1.29, 1.82) is 0 Å². The van der Waals surface area contributed by atoms with Crippen molar-refractivity contribution < 1.29 is 4.79 Å². The fraction of sp³-hybridized carbons (Fsp3) is 0.300. The Kier molecular flexibility index (Phi) is 5.53. The summed E-state index contributed by atoms with van der Waals surface area (Å²) in [6.45, 7) is 0.891. The molecule has 1 saturated heterocycles. The summed E-state index contributed by atoms with van der Waals surface area (Å²) in [5.41, 5.74) is 0.310. The number of aromatic nitrogens is 3. The molecule has 10 heteroatoms. The van der Waals surface area contributed by atoms with Crippen molar-refractivity contribution in [2.24, 2.45) is 7.05 Å². The topological polar surface area (TPSA) is 89.2 Å². The molecule has 1 aromatic carbocycles. The summed E-state index contributed by atoms with van der Waals surface area (Å²) in [6, 6.07) is 8.04. The number of halogens is 2. The molecule has 8 nitrogen and oxygen atoms in total. The minimum atomic E-state index is -0.630. The normalized spacial score (nSPS) is 14.8. The fourth-order valence-corrected chi connectivity index (χ4v) is 3.99. The smallest absolute Gasteiger partial charge is 0.321 e. The van der Waals surface area contributed by atoms with Gasteiger partial charge in [0.05, 0.1) is 10.5 Å². The summed E-state index contributed by atoms with van der Waals surface area (Å²) in [4.78, 5) is 43.7. The van der Waals surface area contributed by atoms with Gasteiger partial charge in [0.25, 0.3) is 0 Å². The zero-order valence-corrected chi connectivity index (χ0v) is 17.7. The first-order chi connectivity index (χ1) is 14.3. The molecule has 1 aliphatic heterocycles. The van der Waals surface area contributed by atoms with Crippen molar-refractivity contribution >= 4 is 46.1 Å². The van der Waals surface area contributed by atoms with E-state index >= 15 is 0 Å². The molecule has 2 aromatic heterocycles. The molecule has 3 heterocycles. The van der Waals surface area contributed by atoms with Crippen LogP contribution in [0.25, 0.3) is 11.2 Å². The van der Waals surface area contributed by atoms with Crippen LogP contribution < -0.4 is 16.4 Å². The second-order valence-corrected chi connectivity index (χ2v) is 8.06. The third-order valence-electron chi connectivity index (χ3n) is 5.32. The SMILES string of the molecule is Cn1c(=O)c(=O)n(C2CCN(C(=O)Nc3ccc(Cl)cc3)CC2)c2ncc(Cl)cc21. The van der Waals surface area contributed by atoms with Gasteiger partial charge in [0, 0.05) is 43.1 Å². The molecule has 0 atom stereocenters. The monoisotopic (exact) mass is 447 g/mol. The number of piperidine rings is 1. The Morgan fingerprint density at radius 3 is 2.40 bits per heavy atom. The number of benzene rings is 1. The van der Waals surface area contributed by atoms with Gasteiger partial charge in [0.1, 0.15) is 0 Å². The van der Waals surface area contributed by atoms with Gasteiger partial charge in [-0.05, 0) is 43.2 Å². The van der Waals surface area contributed by atoms with Gasteiger partial charge >= 0.3 is 17.1 Å². The third-order valence-corrected chi connectivity index (χ3v) is 5.78. The van der Waals surface area contributed by atoms with E-state index in [0.717, 1.165) is 0 Å². The predicted molar refractivity (Wildman–Crippen MR) is 117 cm³/mol. The highest BCUT2D eigenvalue weighted by Crippen LogP contribution is 2.25. The van der Waals surface area contributed by atoms with E-state index in [1.54, 1.807) is 35.2 Å². The highest BCUT2D eigenvalue weighted by molar-refractivity contribution is 6.31. The average molecular weight is 448 g/mol. The molecule has 156 valence electrons. The Balaban J connectivity index is 1.55. The van der Waals surface area contributed by atoms with Crippen molar-refractivity contribution in [3.8, 4) is 0 Å². The molecule has 1 aliphatic rings. The van der Waals surface area contributed by atoms with Crippen LogP contribution in [0.4, 0.5) is 10.5 Å². The van der Waals surface area contributed by atoms with Gasteiger partial charge < -0.3 is 14.8 Å². The largest absolute Gasteiger partial charge is 0.324 e. The lowest BCUT2D eigenvalue weighted by Gasteiger charge is -2.33. The van der Waals surface area contributed by atoms with E-state index in [9.17, 15) is 14.4 Å². The van der Waals surface area contributed by atoms with Crippen molar-refractivity contribution in [3.05, 3.63) is 67.3 Å². The number of aryl methyl sites for hydroxylation is 1. The van der Waals surface area contributed by atoms with Gasteiger partial charge in [-0.2, -0.15) is 0 Å². The summed E-state index contributed by atoms with van der Waals surface area (Å²) in [6.07, 6.45) is 2.51. The van der Waals surface area contributed by atoms with Crippen molar-refractivity contribution in [2.45, 2.75) is 18.9 Å². The summed E-state index contributed by atoms with van der Waals surface area (Å²) >= 11 is 11.9. The lowest BCUT2D eigenvalue weighted by Crippen LogP contribution is -2.46. The molecule has 1 fully saturated rings. The quantitative estimate of drug-likeness (QED) is 0.610. The maximum absolute atomic E-state index is 12.7. The number of urea groups is 1. The number of fused-ring (bicyclic) bond motifs is 1. The molecule has 0 radical (unpaired) electrons. The maximum Gasteiger partial charge on any atom is 0.321 e. The Labute approximate surface area is 181 Å². The number of hydrogen-bond donors (Lipinski definition) is 1. The number of nitrogens with one attached hydrogen (secondary N) is 1. The minimum absolute atomic E-state index is 0.221. The predicted octanol–water partition coefficient (Wildman–Crippen LogP) is 3.27. The van der Waals surface area contributed by atoms with Crippen LogP contribution in [0.5, 0.6) is 0 Å². The van der Waals surface area contributed by atoms with E-state index in [2.05, 4.69) is 10.3 Å². The molecule has 0 saturated carbocycles. The van der Waals surface area contributed by atoms with Crippen molar-refractivity contribution in [3.63, 3.8) is 0 Å². The summed E-state index contributed by atoms with van der Waals surface area (Å²) in [5, 5.41) is 3.82. The molecule has 4 rings (SSSR count). The van der Waals surface area contributed by atoms with Crippen molar-refractivity contribution in [1.82, 2.24) is 19.0 Å². The first-order valence-corrected chi connectivity index (χ1v) is 10.2. The van der Waals surface area contributed by atoms with Crippen molar-refractivity contribution in [2.75, 3.05) is 18.4 Å². The number of rotatable bonds is 2. The number of pyridine rings is 1. The van der Waals surface area contributed by atoms with E-state index in [4.69, 9.17) is 23.2 Å². The molecule has 0 spiro atoms. The number of hydrogen-bond acceptors (Lipinski definition) is 4. The number of carbonyl (C=O) groups is 1. The summed E-state index contributed by atoms with van der Waals surface area (Å²) in [5.74, 6) is 0. The van der Waals surface area contributed by atoms with Crippen LogP contribution in [0.3, 0.4) is 0 Å². The molecule has 0 aliphatic carbocycles. The summed E-state index contributed by atoms with van der Waals surface area (Å²) in [7, 11) is 1.53. The van der Waals surface area contributed by atoms with Crippen LogP contribution in [-0.2, 0) is 7.05 Å². The van der Waals surface area contributed by atoms with Gasteiger partial charge in [-0.3, -0.25) is 14.2 Å². The lowest BCUT2D eigenvalue weighted by molar-refractivity contribution is 0.183. The molecule has 0 unspecified atom stereocenters. The Hall–Kier alpha value is -2.84. The number of amides is 2. The zero-order chi connectivity index (χ0) is 21.4. The van der Waals surface area contributed by atoms with Gasteiger partial charge in [-0.25, -0.2) is 9.78 Å². The van der Waals surface area contributed by atoms with Gasteiger partial charge in [-0.1, -0.05) is 23.2 Å². The third kappa shape index (κ3) is 3.80. The van der Waals surface area contributed by atoms with Crippen LogP contribution in [0.15, 0.2) is 46.1 Å². The number of likely N-dealkylation sites (tertiary alicyclic amines) is 1. The number of nitrogens with zero attached hydrogens (tertiary/aromatic N) is 4. The Bertz CT molecular complexity index is 1230. The van der Waals surface area contributed by atoms with E-state index in [0.29, 0.717) is 52.8 Å². The molecular weight excluding hydrogens is 429 g/mol.